The predicted molar refractivity (Wildman–Crippen MR) is 116 cm³/mol. The summed E-state index contributed by atoms with van der Waals surface area (Å²) in [7, 11) is 0. The maximum absolute atomic E-state index is 12.9. The van der Waals surface area contributed by atoms with E-state index in [4.69, 9.17) is 0 Å². The van der Waals surface area contributed by atoms with E-state index >= 15 is 0 Å². The molecule has 0 spiro atoms. The minimum absolute atomic E-state index is 0.0214. The van der Waals surface area contributed by atoms with Gasteiger partial charge in [0.2, 0.25) is 5.91 Å². The first kappa shape index (κ1) is 22.2. The standard InChI is InChI=1S/C22H20FN3O4S/c1-14-2-4-15(5-3-14)12-18-21(29)26(22(30)31-18)11-10-24-19(27)13-25-20(28)16-6-8-17(23)9-7-16/h2-9,12H,10-11,13H2,1H3,(H,24,27)(H,25,28). The van der Waals surface area contributed by atoms with E-state index in [1.54, 1.807) is 6.08 Å². The first-order valence-corrected chi connectivity index (χ1v) is 10.3. The highest BCUT2D eigenvalue weighted by molar-refractivity contribution is 8.18. The number of rotatable bonds is 7. The molecule has 2 aromatic carbocycles. The number of amides is 4. The van der Waals surface area contributed by atoms with E-state index in [-0.39, 0.29) is 25.2 Å². The van der Waals surface area contributed by atoms with Gasteiger partial charge in [-0.25, -0.2) is 4.39 Å². The number of carbonyl (C=O) groups excluding carboxylic acids is 4. The Kier molecular flexibility index (Phi) is 7.19. The van der Waals surface area contributed by atoms with Crippen LogP contribution in [0.4, 0.5) is 9.18 Å². The van der Waals surface area contributed by atoms with Crippen molar-refractivity contribution in [3.8, 4) is 0 Å². The van der Waals surface area contributed by atoms with Gasteiger partial charge in [-0.15, -0.1) is 0 Å². The van der Waals surface area contributed by atoms with E-state index in [0.717, 1.165) is 39.9 Å². The number of carbonyl (C=O) groups is 4. The monoisotopic (exact) mass is 441 g/mol. The zero-order valence-electron chi connectivity index (χ0n) is 16.7. The van der Waals surface area contributed by atoms with Crippen molar-refractivity contribution in [3.63, 3.8) is 0 Å². The number of nitrogens with zero attached hydrogens (tertiary/aromatic N) is 1. The number of imide groups is 1. The Morgan fingerprint density at radius 1 is 1.03 bits per heavy atom. The van der Waals surface area contributed by atoms with Gasteiger partial charge in [0.1, 0.15) is 5.82 Å². The van der Waals surface area contributed by atoms with Gasteiger partial charge in [0.25, 0.3) is 17.1 Å². The van der Waals surface area contributed by atoms with Crippen LogP contribution in [-0.2, 0) is 9.59 Å². The Morgan fingerprint density at radius 3 is 2.39 bits per heavy atom. The van der Waals surface area contributed by atoms with Crippen LogP contribution in [0.5, 0.6) is 0 Å². The Bertz CT molecular complexity index is 1040. The van der Waals surface area contributed by atoms with Crippen LogP contribution in [0.1, 0.15) is 21.5 Å². The topological polar surface area (TPSA) is 95.6 Å². The van der Waals surface area contributed by atoms with Crippen molar-refractivity contribution in [2.24, 2.45) is 0 Å². The lowest BCUT2D eigenvalue weighted by molar-refractivity contribution is -0.124. The maximum atomic E-state index is 12.9. The molecular formula is C22H20FN3O4S. The summed E-state index contributed by atoms with van der Waals surface area (Å²) in [6, 6.07) is 12.5. The first-order valence-electron chi connectivity index (χ1n) is 9.46. The summed E-state index contributed by atoms with van der Waals surface area (Å²) in [5, 5.41) is 4.57. The molecule has 9 heteroatoms. The number of nitrogens with one attached hydrogen (secondary N) is 2. The second-order valence-electron chi connectivity index (χ2n) is 6.78. The molecule has 0 aliphatic carbocycles. The lowest BCUT2D eigenvalue weighted by Gasteiger charge is -2.13. The molecule has 0 bridgehead atoms. The minimum Gasteiger partial charge on any atom is -0.353 e. The van der Waals surface area contributed by atoms with Gasteiger partial charge in [0.15, 0.2) is 0 Å². The van der Waals surface area contributed by atoms with Gasteiger partial charge in [-0.2, -0.15) is 0 Å². The van der Waals surface area contributed by atoms with Crippen LogP contribution < -0.4 is 10.6 Å². The van der Waals surface area contributed by atoms with Crippen molar-refractivity contribution < 1.29 is 23.6 Å². The molecule has 2 N–H and O–H groups in total. The summed E-state index contributed by atoms with van der Waals surface area (Å²) >= 11 is 0.855. The molecule has 7 nitrogen and oxygen atoms in total. The summed E-state index contributed by atoms with van der Waals surface area (Å²) in [6.45, 7) is 1.75. The molecule has 1 aliphatic heterocycles. The molecule has 2 aromatic rings. The molecule has 0 aromatic heterocycles. The van der Waals surface area contributed by atoms with Gasteiger partial charge in [-0.1, -0.05) is 29.8 Å². The van der Waals surface area contributed by atoms with Crippen LogP contribution in [0.15, 0.2) is 53.4 Å². The van der Waals surface area contributed by atoms with Crippen molar-refractivity contribution in [2.75, 3.05) is 19.6 Å². The lowest BCUT2D eigenvalue weighted by atomic mass is 10.1. The first-order chi connectivity index (χ1) is 14.8. The number of aryl methyl sites for hydroxylation is 1. The van der Waals surface area contributed by atoms with Crippen molar-refractivity contribution in [3.05, 3.63) is 75.9 Å². The normalized spacial score (nSPS) is 14.8. The highest BCUT2D eigenvalue weighted by atomic mass is 32.2. The van der Waals surface area contributed by atoms with Crippen LogP contribution in [0.25, 0.3) is 6.08 Å². The fraction of sp³-hybridized carbons (Fsp3) is 0.182. The molecule has 1 heterocycles. The third kappa shape index (κ3) is 6.02. The number of thioether (sulfide) groups is 1. The van der Waals surface area contributed by atoms with Crippen LogP contribution >= 0.6 is 11.8 Å². The van der Waals surface area contributed by atoms with Crippen molar-refractivity contribution in [1.82, 2.24) is 15.5 Å². The van der Waals surface area contributed by atoms with E-state index in [1.807, 2.05) is 31.2 Å². The number of hydrogen-bond donors (Lipinski definition) is 2. The number of hydrogen-bond acceptors (Lipinski definition) is 5. The third-order valence-electron chi connectivity index (χ3n) is 4.42. The zero-order valence-corrected chi connectivity index (χ0v) is 17.5. The summed E-state index contributed by atoms with van der Waals surface area (Å²) in [6.07, 6.45) is 1.66. The van der Waals surface area contributed by atoms with Crippen LogP contribution in [0.3, 0.4) is 0 Å². The van der Waals surface area contributed by atoms with E-state index in [2.05, 4.69) is 10.6 Å². The number of halogens is 1. The van der Waals surface area contributed by atoms with Crippen LogP contribution in [0.2, 0.25) is 0 Å². The van der Waals surface area contributed by atoms with Crippen molar-refractivity contribution in [2.45, 2.75) is 6.92 Å². The quantitative estimate of drug-likeness (QED) is 0.645. The highest BCUT2D eigenvalue weighted by Crippen LogP contribution is 2.31. The van der Waals surface area contributed by atoms with Crippen LogP contribution in [-0.4, -0.2) is 47.5 Å². The minimum atomic E-state index is -0.512. The lowest BCUT2D eigenvalue weighted by Crippen LogP contribution is -2.41. The van der Waals surface area contributed by atoms with E-state index in [1.165, 1.54) is 12.1 Å². The molecule has 0 unspecified atom stereocenters. The molecule has 160 valence electrons. The Labute approximate surface area is 182 Å². The summed E-state index contributed by atoms with van der Waals surface area (Å²) < 4.78 is 12.9. The highest BCUT2D eigenvalue weighted by Gasteiger charge is 2.34. The van der Waals surface area contributed by atoms with Gasteiger partial charge in [-0.3, -0.25) is 24.1 Å². The zero-order chi connectivity index (χ0) is 22.4. The van der Waals surface area contributed by atoms with E-state index in [0.29, 0.717) is 4.91 Å². The van der Waals surface area contributed by atoms with Gasteiger partial charge in [-0.05, 0) is 54.6 Å². The molecule has 31 heavy (non-hydrogen) atoms. The molecule has 4 amide bonds. The van der Waals surface area contributed by atoms with Crippen LogP contribution in [0, 0.1) is 12.7 Å². The number of benzene rings is 2. The molecule has 1 fully saturated rings. The van der Waals surface area contributed by atoms with Gasteiger partial charge in [0, 0.05) is 18.7 Å². The van der Waals surface area contributed by atoms with E-state index < -0.39 is 28.8 Å². The third-order valence-corrected chi connectivity index (χ3v) is 5.33. The molecular weight excluding hydrogens is 421 g/mol. The fourth-order valence-corrected chi connectivity index (χ4v) is 3.61. The Balaban J connectivity index is 1.45. The van der Waals surface area contributed by atoms with E-state index in [9.17, 15) is 23.6 Å². The summed E-state index contributed by atoms with van der Waals surface area (Å²) in [5.74, 6) is -1.86. The second kappa shape index (κ2) is 10.0. The molecule has 3 rings (SSSR count). The molecule has 0 radical (unpaired) electrons. The smallest absolute Gasteiger partial charge is 0.293 e. The fourth-order valence-electron chi connectivity index (χ4n) is 2.74. The SMILES string of the molecule is Cc1ccc(C=C2SC(=O)N(CCNC(=O)CNC(=O)c3ccc(F)cc3)C2=O)cc1. The average Bonchev–Trinajstić information content (AvgIpc) is 3.01. The summed E-state index contributed by atoms with van der Waals surface area (Å²) in [4.78, 5) is 49.8. The Hall–Kier alpha value is -3.46. The van der Waals surface area contributed by atoms with Gasteiger partial charge >= 0.3 is 0 Å². The molecule has 0 saturated carbocycles. The van der Waals surface area contributed by atoms with Gasteiger partial charge in [0.05, 0.1) is 11.4 Å². The largest absolute Gasteiger partial charge is 0.353 e. The second-order valence-corrected chi connectivity index (χ2v) is 7.78. The maximum Gasteiger partial charge on any atom is 0.293 e. The molecule has 1 aliphatic rings. The van der Waals surface area contributed by atoms with Crippen molar-refractivity contribution in [1.29, 1.82) is 0 Å². The van der Waals surface area contributed by atoms with Gasteiger partial charge < -0.3 is 10.6 Å². The van der Waals surface area contributed by atoms with Crippen molar-refractivity contribution >= 4 is 40.8 Å². The predicted octanol–water partition coefficient (Wildman–Crippen LogP) is 2.72. The summed E-state index contributed by atoms with van der Waals surface area (Å²) in [5.41, 5.74) is 2.14. The molecule has 1 saturated heterocycles. The average molecular weight is 441 g/mol. The Morgan fingerprint density at radius 2 is 1.71 bits per heavy atom. The molecule has 0 atom stereocenters.